The van der Waals surface area contributed by atoms with E-state index in [1.807, 2.05) is 17.7 Å². The Labute approximate surface area is 127 Å². The molecule has 0 bridgehead atoms. The molecule has 1 aliphatic heterocycles. The number of nitrogens with zero attached hydrogens (tertiary/aromatic N) is 3. The zero-order chi connectivity index (χ0) is 15.7. The minimum absolute atomic E-state index is 0.0741. The first-order valence-corrected chi connectivity index (χ1v) is 7.16. The van der Waals surface area contributed by atoms with Gasteiger partial charge in [0.1, 0.15) is 0 Å². The molecule has 0 fully saturated rings. The molecule has 2 aromatic heterocycles. The zero-order valence-corrected chi connectivity index (χ0v) is 12.6. The first-order valence-electron chi connectivity index (χ1n) is 7.16. The summed E-state index contributed by atoms with van der Waals surface area (Å²) in [5.41, 5.74) is 1.73. The van der Waals surface area contributed by atoms with Gasteiger partial charge in [-0.3, -0.25) is 14.3 Å². The van der Waals surface area contributed by atoms with Gasteiger partial charge in [0, 0.05) is 25.4 Å². The van der Waals surface area contributed by atoms with Crippen LogP contribution < -0.4 is 5.32 Å². The lowest BCUT2D eigenvalue weighted by molar-refractivity contribution is -0.121. The van der Waals surface area contributed by atoms with E-state index in [0.717, 1.165) is 11.3 Å². The lowest BCUT2D eigenvalue weighted by atomic mass is 10.1. The van der Waals surface area contributed by atoms with Crippen LogP contribution in [-0.2, 0) is 11.3 Å². The van der Waals surface area contributed by atoms with Gasteiger partial charge in [-0.2, -0.15) is 5.10 Å². The van der Waals surface area contributed by atoms with Crippen LogP contribution in [0.25, 0.3) is 0 Å². The summed E-state index contributed by atoms with van der Waals surface area (Å²) >= 11 is 0. The van der Waals surface area contributed by atoms with Gasteiger partial charge in [-0.25, -0.2) is 0 Å². The number of hydrogen-bond acceptors (Lipinski definition) is 4. The SMILES string of the molecule is CNC(=O)C[C@@H]1CN(C(=O)c2occc2C)Cc2ccnn21. The molecule has 22 heavy (non-hydrogen) atoms. The van der Waals surface area contributed by atoms with Gasteiger partial charge in [0.2, 0.25) is 5.91 Å². The van der Waals surface area contributed by atoms with Gasteiger partial charge in [-0.05, 0) is 19.1 Å². The molecule has 3 heterocycles. The minimum Gasteiger partial charge on any atom is -0.459 e. The topological polar surface area (TPSA) is 80.4 Å². The summed E-state index contributed by atoms with van der Waals surface area (Å²) < 4.78 is 7.12. The van der Waals surface area contributed by atoms with Crippen molar-refractivity contribution in [3.05, 3.63) is 41.6 Å². The van der Waals surface area contributed by atoms with Crippen LogP contribution in [0.4, 0.5) is 0 Å². The van der Waals surface area contributed by atoms with E-state index in [1.165, 1.54) is 6.26 Å². The van der Waals surface area contributed by atoms with Crippen LogP contribution in [0.1, 0.15) is 34.3 Å². The third kappa shape index (κ3) is 2.49. The monoisotopic (exact) mass is 302 g/mol. The zero-order valence-electron chi connectivity index (χ0n) is 12.6. The van der Waals surface area contributed by atoms with Gasteiger partial charge in [-0.15, -0.1) is 0 Å². The smallest absolute Gasteiger partial charge is 0.290 e. The number of amides is 2. The molecule has 2 amide bonds. The molecule has 7 nitrogen and oxygen atoms in total. The predicted molar refractivity (Wildman–Crippen MR) is 78.1 cm³/mol. The van der Waals surface area contributed by atoms with Crippen LogP contribution in [0.15, 0.2) is 29.0 Å². The molecule has 2 aromatic rings. The second kappa shape index (κ2) is 5.67. The van der Waals surface area contributed by atoms with Crippen molar-refractivity contribution in [2.45, 2.75) is 25.9 Å². The summed E-state index contributed by atoms with van der Waals surface area (Å²) in [7, 11) is 1.60. The van der Waals surface area contributed by atoms with E-state index in [-0.39, 0.29) is 24.3 Å². The van der Waals surface area contributed by atoms with E-state index >= 15 is 0 Å². The molecule has 1 N–H and O–H groups in total. The highest BCUT2D eigenvalue weighted by molar-refractivity contribution is 5.93. The van der Waals surface area contributed by atoms with Crippen molar-refractivity contribution in [3.63, 3.8) is 0 Å². The number of aromatic nitrogens is 2. The van der Waals surface area contributed by atoms with Crippen LogP contribution in [0, 0.1) is 6.92 Å². The van der Waals surface area contributed by atoms with Gasteiger partial charge in [0.05, 0.1) is 31.0 Å². The summed E-state index contributed by atoms with van der Waals surface area (Å²) in [6, 6.07) is 3.47. The highest BCUT2D eigenvalue weighted by atomic mass is 16.3. The van der Waals surface area contributed by atoms with Gasteiger partial charge >= 0.3 is 0 Å². The molecule has 0 aliphatic carbocycles. The molecular weight excluding hydrogens is 284 g/mol. The number of hydrogen-bond donors (Lipinski definition) is 1. The van der Waals surface area contributed by atoms with Gasteiger partial charge < -0.3 is 14.6 Å². The molecule has 1 aliphatic rings. The molecule has 1 atom stereocenters. The summed E-state index contributed by atoms with van der Waals surface area (Å²) in [5.74, 6) is 0.124. The quantitative estimate of drug-likeness (QED) is 0.921. The van der Waals surface area contributed by atoms with Crippen LogP contribution in [0.3, 0.4) is 0 Å². The van der Waals surface area contributed by atoms with Crippen molar-refractivity contribution >= 4 is 11.8 Å². The van der Waals surface area contributed by atoms with Crippen molar-refractivity contribution in [3.8, 4) is 0 Å². The van der Waals surface area contributed by atoms with E-state index in [0.29, 0.717) is 18.8 Å². The second-order valence-electron chi connectivity index (χ2n) is 5.42. The lowest BCUT2D eigenvalue weighted by Crippen LogP contribution is -2.42. The average Bonchev–Trinajstić information content (AvgIpc) is 3.14. The van der Waals surface area contributed by atoms with Crippen molar-refractivity contribution < 1.29 is 14.0 Å². The number of carbonyl (C=O) groups excluding carboxylic acids is 2. The van der Waals surface area contributed by atoms with Crippen LogP contribution in [0.2, 0.25) is 0 Å². The standard InChI is InChI=1S/C15H18N4O3/c1-10-4-6-22-14(10)15(21)18-8-11-3-5-17-19(11)12(9-18)7-13(20)16-2/h3-6,12H,7-9H2,1-2H3,(H,16,20)/t12-/m1/s1. The Bertz CT molecular complexity index is 703. The fourth-order valence-electron chi connectivity index (χ4n) is 2.74. The normalized spacial score (nSPS) is 17.2. The highest BCUT2D eigenvalue weighted by Crippen LogP contribution is 2.25. The Morgan fingerprint density at radius 2 is 2.27 bits per heavy atom. The van der Waals surface area contributed by atoms with E-state index < -0.39 is 0 Å². The Hall–Kier alpha value is -2.57. The summed E-state index contributed by atoms with van der Waals surface area (Å²) in [4.78, 5) is 26.0. The number of aryl methyl sites for hydroxylation is 1. The molecule has 7 heteroatoms. The predicted octanol–water partition coefficient (Wildman–Crippen LogP) is 1.12. The molecular formula is C15H18N4O3. The van der Waals surface area contributed by atoms with Gasteiger partial charge in [-0.1, -0.05) is 0 Å². The molecule has 0 spiro atoms. The van der Waals surface area contributed by atoms with Gasteiger partial charge in [0.15, 0.2) is 5.76 Å². The molecule has 0 saturated heterocycles. The summed E-state index contributed by atoms with van der Waals surface area (Å²) in [6.07, 6.45) is 3.49. The first-order chi connectivity index (χ1) is 10.6. The number of carbonyl (C=O) groups is 2. The summed E-state index contributed by atoms with van der Waals surface area (Å²) in [6.45, 7) is 2.73. The Morgan fingerprint density at radius 1 is 1.45 bits per heavy atom. The first kappa shape index (κ1) is 14.4. The Balaban J connectivity index is 1.85. The molecule has 0 aromatic carbocycles. The van der Waals surface area contributed by atoms with Crippen molar-refractivity contribution in [1.29, 1.82) is 0 Å². The van der Waals surface area contributed by atoms with Crippen LogP contribution in [-0.4, -0.2) is 40.1 Å². The number of fused-ring (bicyclic) bond motifs is 1. The fraction of sp³-hybridized carbons (Fsp3) is 0.400. The second-order valence-corrected chi connectivity index (χ2v) is 5.42. The maximum atomic E-state index is 12.6. The van der Waals surface area contributed by atoms with E-state index in [1.54, 1.807) is 24.2 Å². The third-order valence-corrected chi connectivity index (χ3v) is 3.93. The van der Waals surface area contributed by atoms with Crippen LogP contribution in [0.5, 0.6) is 0 Å². The fourth-order valence-corrected chi connectivity index (χ4v) is 2.74. The minimum atomic E-state index is -0.169. The molecule has 0 saturated carbocycles. The van der Waals surface area contributed by atoms with E-state index in [4.69, 9.17) is 4.42 Å². The molecule has 0 unspecified atom stereocenters. The van der Waals surface area contributed by atoms with Crippen LogP contribution >= 0.6 is 0 Å². The molecule has 116 valence electrons. The van der Waals surface area contributed by atoms with Crippen molar-refractivity contribution in [1.82, 2.24) is 20.0 Å². The number of nitrogens with one attached hydrogen (secondary N) is 1. The number of furan rings is 1. The molecule has 3 rings (SSSR count). The van der Waals surface area contributed by atoms with Gasteiger partial charge in [0.25, 0.3) is 5.91 Å². The Morgan fingerprint density at radius 3 is 2.95 bits per heavy atom. The summed E-state index contributed by atoms with van der Waals surface area (Å²) in [5, 5.41) is 6.89. The number of rotatable bonds is 3. The van der Waals surface area contributed by atoms with E-state index in [2.05, 4.69) is 10.4 Å². The Kier molecular flexibility index (Phi) is 3.70. The van der Waals surface area contributed by atoms with Crippen molar-refractivity contribution in [2.75, 3.05) is 13.6 Å². The third-order valence-electron chi connectivity index (χ3n) is 3.93. The lowest BCUT2D eigenvalue weighted by Gasteiger charge is -2.33. The van der Waals surface area contributed by atoms with E-state index in [9.17, 15) is 9.59 Å². The maximum absolute atomic E-state index is 12.6. The molecule has 0 radical (unpaired) electrons. The largest absolute Gasteiger partial charge is 0.459 e. The highest BCUT2D eigenvalue weighted by Gasteiger charge is 2.31. The average molecular weight is 302 g/mol. The maximum Gasteiger partial charge on any atom is 0.290 e. The van der Waals surface area contributed by atoms with Crippen molar-refractivity contribution in [2.24, 2.45) is 0 Å².